The number of nitro groups is 1. The Morgan fingerprint density at radius 1 is 1.20 bits per heavy atom. The summed E-state index contributed by atoms with van der Waals surface area (Å²) in [5, 5.41) is 11.1. The van der Waals surface area contributed by atoms with Crippen LogP contribution in [0.4, 0.5) is 5.69 Å². The van der Waals surface area contributed by atoms with E-state index in [1.54, 1.807) is 11.8 Å². The molecule has 132 valence electrons. The van der Waals surface area contributed by atoms with Gasteiger partial charge in [-0.05, 0) is 36.1 Å². The molecule has 2 aromatic carbocycles. The van der Waals surface area contributed by atoms with Crippen LogP contribution in [0.15, 0.2) is 52.3 Å². The van der Waals surface area contributed by atoms with E-state index in [2.05, 4.69) is 0 Å². The average molecular weight is 381 g/mol. The second kappa shape index (κ2) is 7.66. The fraction of sp³-hybridized carbons (Fsp3) is 0.188. The van der Waals surface area contributed by atoms with E-state index in [0.717, 1.165) is 28.8 Å². The largest absolute Gasteiger partial charge is 0.457 e. The topological polar surface area (TPSA) is 104 Å². The van der Waals surface area contributed by atoms with Gasteiger partial charge in [0.2, 0.25) is 0 Å². The molecule has 0 atom stereocenters. The highest BCUT2D eigenvalue weighted by Crippen LogP contribution is 2.25. The quantitative estimate of drug-likeness (QED) is 0.328. The van der Waals surface area contributed by atoms with Gasteiger partial charge in [0.05, 0.1) is 10.5 Å². The molecule has 7 nitrogen and oxygen atoms in total. The fourth-order valence-corrected chi connectivity index (χ4v) is 3.29. The van der Waals surface area contributed by atoms with Crippen LogP contribution in [-0.2, 0) is 21.2 Å². The Morgan fingerprint density at radius 2 is 1.84 bits per heavy atom. The molecule has 0 bridgehead atoms. The van der Waals surface area contributed by atoms with E-state index < -0.39 is 31.3 Å². The van der Waals surface area contributed by atoms with Crippen molar-refractivity contribution < 1.29 is 22.9 Å². The fourth-order valence-electron chi connectivity index (χ4n) is 2.05. The third-order valence-corrected chi connectivity index (χ3v) is 5.21. The molecule has 0 aliphatic rings. The van der Waals surface area contributed by atoms with Crippen molar-refractivity contribution in [1.82, 2.24) is 0 Å². The van der Waals surface area contributed by atoms with Crippen LogP contribution >= 0.6 is 11.8 Å². The van der Waals surface area contributed by atoms with Gasteiger partial charge in [-0.15, -0.1) is 11.8 Å². The van der Waals surface area contributed by atoms with Crippen molar-refractivity contribution in [2.75, 3.05) is 12.5 Å². The minimum Gasteiger partial charge on any atom is -0.457 e. The molecule has 0 N–H and O–H groups in total. The average Bonchev–Trinajstić information content (AvgIpc) is 2.58. The number of nitro benzene ring substituents is 1. The zero-order valence-electron chi connectivity index (χ0n) is 13.5. The molecule has 0 saturated carbocycles. The van der Waals surface area contributed by atoms with E-state index in [4.69, 9.17) is 4.74 Å². The summed E-state index contributed by atoms with van der Waals surface area (Å²) in [6, 6.07) is 10.6. The maximum absolute atomic E-state index is 12.1. The molecule has 0 aromatic heterocycles. The highest BCUT2D eigenvalue weighted by molar-refractivity contribution is 7.98. The summed E-state index contributed by atoms with van der Waals surface area (Å²) >= 11 is 1.59. The molecular weight excluding hydrogens is 366 g/mol. The standard InChI is InChI=1S/C16H15NO6S2/c1-24-13-6-3-11(4-7-13)10-23-16(18)12-5-8-15(25(2,21)22)14(9-12)17(19)20/h3-9H,10H2,1-2H3. The molecular formula is C16H15NO6S2. The van der Waals surface area contributed by atoms with Gasteiger partial charge in [0.25, 0.3) is 5.69 Å². The van der Waals surface area contributed by atoms with Crippen LogP contribution in [-0.4, -0.2) is 31.8 Å². The molecule has 0 radical (unpaired) electrons. The van der Waals surface area contributed by atoms with E-state index >= 15 is 0 Å². The summed E-state index contributed by atoms with van der Waals surface area (Å²) < 4.78 is 28.3. The Morgan fingerprint density at radius 3 is 2.36 bits per heavy atom. The molecule has 2 rings (SSSR count). The molecule has 0 saturated heterocycles. The first kappa shape index (κ1) is 18.9. The van der Waals surface area contributed by atoms with Crippen LogP contribution in [0.1, 0.15) is 15.9 Å². The molecule has 0 spiro atoms. The first-order valence-corrected chi connectivity index (χ1v) is 10.1. The summed E-state index contributed by atoms with van der Waals surface area (Å²) in [4.78, 5) is 22.9. The van der Waals surface area contributed by atoms with Crippen LogP contribution < -0.4 is 0 Å². The zero-order chi connectivity index (χ0) is 18.6. The first-order valence-electron chi connectivity index (χ1n) is 7.01. The van der Waals surface area contributed by atoms with E-state index in [-0.39, 0.29) is 12.2 Å². The van der Waals surface area contributed by atoms with Crippen LogP contribution in [0, 0.1) is 10.1 Å². The van der Waals surface area contributed by atoms with Gasteiger partial charge in [-0.3, -0.25) is 10.1 Å². The normalized spacial score (nSPS) is 11.1. The molecule has 2 aromatic rings. The smallest absolute Gasteiger partial charge is 0.338 e. The van der Waals surface area contributed by atoms with Gasteiger partial charge >= 0.3 is 5.97 Å². The van der Waals surface area contributed by atoms with Crippen molar-refractivity contribution >= 4 is 33.3 Å². The number of nitrogens with zero attached hydrogens (tertiary/aromatic N) is 1. The van der Waals surface area contributed by atoms with Gasteiger partial charge < -0.3 is 4.74 Å². The van der Waals surface area contributed by atoms with Crippen LogP contribution in [0.2, 0.25) is 0 Å². The van der Waals surface area contributed by atoms with Gasteiger partial charge in [0.15, 0.2) is 9.84 Å². The molecule has 9 heteroatoms. The Kier molecular flexibility index (Phi) is 5.81. The predicted octanol–water partition coefficient (Wildman–Crippen LogP) is 3.08. The third kappa shape index (κ3) is 4.80. The highest BCUT2D eigenvalue weighted by atomic mass is 32.2. The van der Waals surface area contributed by atoms with Gasteiger partial charge in [-0.25, -0.2) is 13.2 Å². The number of rotatable bonds is 6. The molecule has 0 heterocycles. The maximum Gasteiger partial charge on any atom is 0.338 e. The van der Waals surface area contributed by atoms with Crippen molar-refractivity contribution in [1.29, 1.82) is 0 Å². The van der Waals surface area contributed by atoms with Crippen molar-refractivity contribution in [3.05, 3.63) is 63.7 Å². The number of benzene rings is 2. The molecule has 0 fully saturated rings. The minimum atomic E-state index is -3.78. The number of carbonyl (C=O) groups excluding carboxylic acids is 1. The summed E-state index contributed by atoms with van der Waals surface area (Å²) in [6.07, 6.45) is 2.81. The first-order chi connectivity index (χ1) is 11.7. The second-order valence-electron chi connectivity index (χ2n) is 5.14. The summed E-state index contributed by atoms with van der Waals surface area (Å²) in [7, 11) is -3.78. The highest BCUT2D eigenvalue weighted by Gasteiger charge is 2.24. The Bertz CT molecular complexity index is 907. The SMILES string of the molecule is CSc1ccc(COC(=O)c2ccc(S(C)(=O)=O)c([N+](=O)[O-])c2)cc1. The van der Waals surface area contributed by atoms with Crippen molar-refractivity contribution in [3.8, 4) is 0 Å². The number of hydrogen-bond donors (Lipinski definition) is 0. The van der Waals surface area contributed by atoms with Gasteiger partial charge in [-0.1, -0.05) is 12.1 Å². The molecule has 0 aliphatic carbocycles. The summed E-state index contributed by atoms with van der Waals surface area (Å²) in [6.45, 7) is 0.00905. The van der Waals surface area contributed by atoms with E-state index in [1.807, 2.05) is 30.5 Å². The van der Waals surface area contributed by atoms with Crippen LogP contribution in [0.25, 0.3) is 0 Å². The predicted molar refractivity (Wildman–Crippen MR) is 93.5 cm³/mol. The number of thioether (sulfide) groups is 1. The molecule has 0 amide bonds. The third-order valence-electron chi connectivity index (χ3n) is 3.32. The van der Waals surface area contributed by atoms with Gasteiger partial charge in [0.1, 0.15) is 11.5 Å². The van der Waals surface area contributed by atoms with Crippen molar-refractivity contribution in [2.45, 2.75) is 16.4 Å². The lowest BCUT2D eigenvalue weighted by Gasteiger charge is -2.07. The number of hydrogen-bond acceptors (Lipinski definition) is 7. The monoisotopic (exact) mass is 381 g/mol. The lowest BCUT2D eigenvalue weighted by Crippen LogP contribution is -2.08. The van der Waals surface area contributed by atoms with Gasteiger partial charge in [0, 0.05) is 17.2 Å². The molecule has 0 unspecified atom stereocenters. The van der Waals surface area contributed by atoms with E-state index in [0.29, 0.717) is 0 Å². The van der Waals surface area contributed by atoms with Crippen LogP contribution in [0.5, 0.6) is 0 Å². The van der Waals surface area contributed by atoms with E-state index in [1.165, 1.54) is 6.07 Å². The Hall–Kier alpha value is -2.39. The Balaban J connectivity index is 2.18. The van der Waals surface area contributed by atoms with Gasteiger partial charge in [-0.2, -0.15) is 0 Å². The summed E-state index contributed by atoms with van der Waals surface area (Å²) in [5.74, 6) is -0.767. The van der Waals surface area contributed by atoms with Crippen molar-refractivity contribution in [2.24, 2.45) is 0 Å². The lowest BCUT2D eigenvalue weighted by molar-refractivity contribution is -0.387. The number of esters is 1. The number of sulfone groups is 1. The van der Waals surface area contributed by atoms with E-state index in [9.17, 15) is 23.3 Å². The minimum absolute atomic E-state index is 0.00905. The lowest BCUT2D eigenvalue weighted by atomic mass is 10.2. The zero-order valence-corrected chi connectivity index (χ0v) is 15.1. The molecule has 0 aliphatic heterocycles. The number of ether oxygens (including phenoxy) is 1. The Labute approximate surface area is 149 Å². The number of carbonyl (C=O) groups is 1. The van der Waals surface area contributed by atoms with Crippen LogP contribution in [0.3, 0.4) is 0 Å². The maximum atomic E-state index is 12.1. The molecule has 25 heavy (non-hydrogen) atoms. The van der Waals surface area contributed by atoms with Crippen molar-refractivity contribution in [3.63, 3.8) is 0 Å². The summed E-state index contributed by atoms with van der Waals surface area (Å²) in [5.41, 5.74) is 0.0366. The second-order valence-corrected chi connectivity index (χ2v) is 8.00.